The minimum atomic E-state index is 0.823. The van der Waals surface area contributed by atoms with E-state index in [1.165, 1.54) is 5.56 Å². The molecule has 3 nitrogen and oxygen atoms in total. The summed E-state index contributed by atoms with van der Waals surface area (Å²) >= 11 is 0. The first-order valence-corrected chi connectivity index (χ1v) is 6.81. The van der Waals surface area contributed by atoms with E-state index in [2.05, 4.69) is 36.5 Å². The number of ether oxygens (including phenoxy) is 2. The normalized spacial score (nSPS) is 10.3. The second-order valence-electron chi connectivity index (χ2n) is 4.51. The molecule has 0 aliphatic rings. The molecular formula is C17H21NO2. The molecular weight excluding hydrogens is 250 g/mol. The van der Waals surface area contributed by atoms with Crippen LogP contribution in [0.1, 0.15) is 12.5 Å². The van der Waals surface area contributed by atoms with Gasteiger partial charge in [-0.1, -0.05) is 37.3 Å². The third kappa shape index (κ3) is 3.11. The summed E-state index contributed by atoms with van der Waals surface area (Å²) in [5.74, 6) is 1.65. The first kappa shape index (κ1) is 14.4. The Kier molecular flexibility index (Phi) is 5.02. The van der Waals surface area contributed by atoms with Crippen molar-refractivity contribution in [1.82, 2.24) is 5.32 Å². The van der Waals surface area contributed by atoms with Gasteiger partial charge in [-0.05, 0) is 29.8 Å². The largest absolute Gasteiger partial charge is 0.496 e. The number of methoxy groups -OCH3 is 2. The number of hydrogen-bond acceptors (Lipinski definition) is 3. The Labute approximate surface area is 120 Å². The maximum absolute atomic E-state index is 5.45. The molecule has 0 bridgehead atoms. The van der Waals surface area contributed by atoms with Crippen molar-refractivity contribution in [3.63, 3.8) is 0 Å². The Balaban J connectivity index is 2.35. The summed E-state index contributed by atoms with van der Waals surface area (Å²) < 4.78 is 10.9. The molecule has 0 atom stereocenters. The van der Waals surface area contributed by atoms with Gasteiger partial charge in [0, 0.05) is 6.54 Å². The Hall–Kier alpha value is -2.00. The van der Waals surface area contributed by atoms with Crippen LogP contribution in [0.2, 0.25) is 0 Å². The van der Waals surface area contributed by atoms with Crippen molar-refractivity contribution in [3.05, 3.63) is 48.0 Å². The Morgan fingerprint density at radius 1 is 0.900 bits per heavy atom. The van der Waals surface area contributed by atoms with Crippen molar-refractivity contribution in [3.8, 4) is 22.6 Å². The first-order chi connectivity index (χ1) is 9.80. The molecule has 3 heteroatoms. The molecule has 0 saturated heterocycles. The van der Waals surface area contributed by atoms with E-state index in [4.69, 9.17) is 9.47 Å². The molecule has 20 heavy (non-hydrogen) atoms. The average molecular weight is 271 g/mol. The van der Waals surface area contributed by atoms with Crippen LogP contribution in [0.3, 0.4) is 0 Å². The summed E-state index contributed by atoms with van der Waals surface area (Å²) in [4.78, 5) is 0. The topological polar surface area (TPSA) is 30.5 Å². The molecule has 2 rings (SSSR count). The Bertz CT molecular complexity index is 527. The van der Waals surface area contributed by atoms with E-state index in [1.54, 1.807) is 14.2 Å². The molecule has 1 N–H and O–H groups in total. The fourth-order valence-electron chi connectivity index (χ4n) is 2.19. The van der Waals surface area contributed by atoms with E-state index in [1.807, 2.05) is 18.2 Å². The van der Waals surface area contributed by atoms with Gasteiger partial charge in [0.2, 0.25) is 0 Å². The van der Waals surface area contributed by atoms with Gasteiger partial charge < -0.3 is 14.8 Å². The smallest absolute Gasteiger partial charge is 0.130 e. The van der Waals surface area contributed by atoms with Gasteiger partial charge in [-0.25, -0.2) is 0 Å². The Morgan fingerprint density at radius 2 is 1.50 bits per heavy atom. The first-order valence-electron chi connectivity index (χ1n) is 6.81. The highest BCUT2D eigenvalue weighted by Crippen LogP contribution is 2.38. The van der Waals surface area contributed by atoms with Gasteiger partial charge in [0.1, 0.15) is 11.5 Å². The highest BCUT2D eigenvalue weighted by Gasteiger charge is 2.11. The van der Waals surface area contributed by atoms with Crippen molar-refractivity contribution < 1.29 is 9.47 Å². The second kappa shape index (κ2) is 6.96. The van der Waals surface area contributed by atoms with E-state index < -0.39 is 0 Å². The fourth-order valence-corrected chi connectivity index (χ4v) is 2.19. The minimum Gasteiger partial charge on any atom is -0.496 e. The third-order valence-electron chi connectivity index (χ3n) is 3.25. The lowest BCUT2D eigenvalue weighted by atomic mass is 10.0. The van der Waals surface area contributed by atoms with Crippen molar-refractivity contribution in [2.45, 2.75) is 13.5 Å². The molecule has 0 spiro atoms. The van der Waals surface area contributed by atoms with Crippen LogP contribution in [-0.2, 0) is 6.54 Å². The molecule has 0 unspecified atom stereocenters. The summed E-state index contributed by atoms with van der Waals surface area (Å²) in [6, 6.07) is 14.3. The zero-order valence-corrected chi connectivity index (χ0v) is 12.3. The summed E-state index contributed by atoms with van der Waals surface area (Å²) in [6.45, 7) is 3.97. The fraction of sp³-hybridized carbons (Fsp3) is 0.294. The SMILES string of the molecule is CCNCc1ccc(-c2c(OC)cccc2OC)cc1. The Morgan fingerprint density at radius 3 is 2.00 bits per heavy atom. The molecule has 2 aromatic carbocycles. The highest BCUT2D eigenvalue weighted by molar-refractivity contribution is 5.77. The molecule has 106 valence electrons. The molecule has 0 saturated carbocycles. The van der Waals surface area contributed by atoms with E-state index >= 15 is 0 Å². The van der Waals surface area contributed by atoms with Crippen molar-refractivity contribution in [2.75, 3.05) is 20.8 Å². The molecule has 0 amide bonds. The standard InChI is InChI=1S/C17H21NO2/c1-4-18-12-13-8-10-14(11-9-13)17-15(19-2)6-5-7-16(17)20-3/h5-11,18H,4,12H2,1-3H3. The maximum atomic E-state index is 5.45. The van der Waals surface area contributed by atoms with E-state index in [-0.39, 0.29) is 0 Å². The lowest BCUT2D eigenvalue weighted by molar-refractivity contribution is 0.397. The molecule has 0 radical (unpaired) electrons. The van der Waals surface area contributed by atoms with Gasteiger partial charge in [-0.3, -0.25) is 0 Å². The number of hydrogen-bond donors (Lipinski definition) is 1. The lowest BCUT2D eigenvalue weighted by Gasteiger charge is -2.13. The highest BCUT2D eigenvalue weighted by atomic mass is 16.5. The van der Waals surface area contributed by atoms with Crippen LogP contribution in [0.25, 0.3) is 11.1 Å². The zero-order valence-electron chi connectivity index (χ0n) is 12.3. The summed E-state index contributed by atoms with van der Waals surface area (Å²) in [5, 5.41) is 3.32. The van der Waals surface area contributed by atoms with Crippen LogP contribution in [0.15, 0.2) is 42.5 Å². The molecule has 2 aromatic rings. The quantitative estimate of drug-likeness (QED) is 0.872. The van der Waals surface area contributed by atoms with Gasteiger partial charge in [0.25, 0.3) is 0 Å². The average Bonchev–Trinajstić information content (AvgIpc) is 2.52. The van der Waals surface area contributed by atoms with E-state index in [0.29, 0.717) is 0 Å². The van der Waals surface area contributed by atoms with E-state index in [9.17, 15) is 0 Å². The van der Waals surface area contributed by atoms with Crippen molar-refractivity contribution in [2.24, 2.45) is 0 Å². The molecule has 0 aliphatic heterocycles. The van der Waals surface area contributed by atoms with Crippen LogP contribution in [0.5, 0.6) is 11.5 Å². The summed E-state index contributed by atoms with van der Waals surface area (Å²) in [6.07, 6.45) is 0. The van der Waals surface area contributed by atoms with Crippen LogP contribution < -0.4 is 14.8 Å². The number of benzene rings is 2. The summed E-state index contributed by atoms with van der Waals surface area (Å²) in [5.41, 5.74) is 3.36. The van der Waals surface area contributed by atoms with Crippen LogP contribution >= 0.6 is 0 Å². The second-order valence-corrected chi connectivity index (χ2v) is 4.51. The van der Waals surface area contributed by atoms with Crippen LogP contribution in [0.4, 0.5) is 0 Å². The van der Waals surface area contributed by atoms with Crippen molar-refractivity contribution in [1.29, 1.82) is 0 Å². The predicted octanol–water partition coefficient (Wildman–Crippen LogP) is 3.48. The minimum absolute atomic E-state index is 0.823. The van der Waals surface area contributed by atoms with Gasteiger partial charge in [0.05, 0.1) is 19.8 Å². The van der Waals surface area contributed by atoms with Crippen LogP contribution in [0, 0.1) is 0 Å². The number of nitrogens with one attached hydrogen (secondary N) is 1. The van der Waals surface area contributed by atoms with E-state index in [0.717, 1.165) is 35.7 Å². The van der Waals surface area contributed by atoms with Gasteiger partial charge in [-0.15, -0.1) is 0 Å². The lowest BCUT2D eigenvalue weighted by Crippen LogP contribution is -2.11. The molecule has 0 fully saturated rings. The van der Waals surface area contributed by atoms with Gasteiger partial charge in [-0.2, -0.15) is 0 Å². The monoisotopic (exact) mass is 271 g/mol. The van der Waals surface area contributed by atoms with Crippen LogP contribution in [-0.4, -0.2) is 20.8 Å². The molecule has 0 heterocycles. The molecule has 0 aromatic heterocycles. The third-order valence-corrected chi connectivity index (χ3v) is 3.25. The van der Waals surface area contributed by atoms with Gasteiger partial charge in [0.15, 0.2) is 0 Å². The predicted molar refractivity (Wildman–Crippen MR) is 82.4 cm³/mol. The van der Waals surface area contributed by atoms with Crippen molar-refractivity contribution >= 4 is 0 Å². The summed E-state index contributed by atoms with van der Waals surface area (Å²) in [7, 11) is 3.36. The molecule has 0 aliphatic carbocycles. The maximum Gasteiger partial charge on any atom is 0.130 e. The van der Waals surface area contributed by atoms with Gasteiger partial charge >= 0.3 is 0 Å². The number of rotatable bonds is 6. The zero-order chi connectivity index (χ0) is 14.4.